The van der Waals surface area contributed by atoms with E-state index in [4.69, 9.17) is 0 Å². The van der Waals surface area contributed by atoms with Crippen molar-refractivity contribution in [3.8, 4) is 0 Å². The van der Waals surface area contributed by atoms with E-state index < -0.39 is 0 Å². The summed E-state index contributed by atoms with van der Waals surface area (Å²) in [7, 11) is 1.84. The molecule has 0 saturated heterocycles. The Balaban J connectivity index is 2.11. The quantitative estimate of drug-likeness (QED) is 0.522. The lowest BCUT2D eigenvalue weighted by atomic mass is 9.92. The minimum Gasteiger partial charge on any atom is -0.296 e. The molecule has 0 aliphatic heterocycles. The van der Waals surface area contributed by atoms with Gasteiger partial charge in [0.1, 0.15) is 0 Å². The number of pyridine rings is 1. The summed E-state index contributed by atoms with van der Waals surface area (Å²) in [5, 5.41) is 2.19. The van der Waals surface area contributed by atoms with Gasteiger partial charge in [-0.25, -0.2) is 4.79 Å². The largest absolute Gasteiger partial charge is 0.333 e. The van der Waals surface area contributed by atoms with Crippen LogP contribution in [0.2, 0.25) is 0 Å². The predicted molar refractivity (Wildman–Crippen MR) is 102 cm³/mol. The summed E-state index contributed by atoms with van der Waals surface area (Å²) in [5.41, 5.74) is 5.47. The van der Waals surface area contributed by atoms with Crippen LogP contribution in [0.3, 0.4) is 0 Å². The standard InChI is InChI=1S/C21H19N3O/c1-23-17-10-6-5-9-15(17)20-19(14-7-3-2-4-8-14)16-13-22-12-11-18(16)24(20)21(23)25/h5-7,9-13H,2-4,8H2,1H3. The summed E-state index contributed by atoms with van der Waals surface area (Å²) in [4.78, 5) is 17.5. The second kappa shape index (κ2) is 5.31. The third-order valence-electron chi connectivity index (χ3n) is 5.38. The molecule has 1 aliphatic rings. The van der Waals surface area contributed by atoms with E-state index >= 15 is 0 Å². The van der Waals surface area contributed by atoms with Gasteiger partial charge in [0.15, 0.2) is 0 Å². The molecule has 0 atom stereocenters. The third kappa shape index (κ3) is 1.94. The van der Waals surface area contributed by atoms with Gasteiger partial charge in [-0.2, -0.15) is 0 Å². The van der Waals surface area contributed by atoms with Crippen LogP contribution in [0, 0.1) is 0 Å². The Morgan fingerprint density at radius 1 is 1.04 bits per heavy atom. The van der Waals surface area contributed by atoms with Crippen LogP contribution in [0.1, 0.15) is 31.2 Å². The fraction of sp³-hybridized carbons (Fsp3) is 0.238. The molecule has 4 aromatic rings. The van der Waals surface area contributed by atoms with E-state index in [9.17, 15) is 4.79 Å². The SMILES string of the molecule is Cn1c(=O)n2c3ccncc3c(C3=CCCCC3)c2c2ccccc21. The van der Waals surface area contributed by atoms with Gasteiger partial charge in [-0.05, 0) is 43.4 Å². The van der Waals surface area contributed by atoms with E-state index in [1.54, 1.807) is 10.8 Å². The maximum atomic E-state index is 13.1. The van der Waals surface area contributed by atoms with E-state index in [0.29, 0.717) is 0 Å². The number of nitrogens with zero attached hydrogens (tertiary/aromatic N) is 3. The van der Waals surface area contributed by atoms with Crippen LogP contribution in [0.15, 0.2) is 53.6 Å². The molecule has 3 aromatic heterocycles. The Bertz CT molecular complexity index is 1230. The van der Waals surface area contributed by atoms with Gasteiger partial charge in [-0.15, -0.1) is 0 Å². The number of hydrogen-bond acceptors (Lipinski definition) is 2. The summed E-state index contributed by atoms with van der Waals surface area (Å²) in [6.45, 7) is 0. The maximum Gasteiger partial charge on any atom is 0.333 e. The van der Waals surface area contributed by atoms with E-state index in [-0.39, 0.29) is 5.69 Å². The van der Waals surface area contributed by atoms with Crippen molar-refractivity contribution in [3.63, 3.8) is 0 Å². The molecule has 0 unspecified atom stereocenters. The molecule has 0 fully saturated rings. The third-order valence-corrected chi connectivity index (χ3v) is 5.38. The Kier molecular flexibility index (Phi) is 3.07. The van der Waals surface area contributed by atoms with Crippen molar-refractivity contribution in [2.75, 3.05) is 0 Å². The lowest BCUT2D eigenvalue weighted by molar-refractivity contribution is 0.742. The molecule has 1 aliphatic carbocycles. The number of aromatic nitrogens is 3. The lowest BCUT2D eigenvalue weighted by Crippen LogP contribution is -2.24. The first-order valence-electron chi connectivity index (χ1n) is 8.82. The number of aryl methyl sites for hydroxylation is 1. The fourth-order valence-electron chi connectivity index (χ4n) is 4.20. The minimum absolute atomic E-state index is 0.00689. The van der Waals surface area contributed by atoms with E-state index in [0.717, 1.165) is 40.2 Å². The van der Waals surface area contributed by atoms with Crippen molar-refractivity contribution in [2.24, 2.45) is 7.05 Å². The van der Waals surface area contributed by atoms with Gasteiger partial charge in [0, 0.05) is 35.8 Å². The first kappa shape index (κ1) is 14.5. The van der Waals surface area contributed by atoms with Crippen LogP contribution >= 0.6 is 0 Å². The van der Waals surface area contributed by atoms with Crippen LogP contribution in [0.4, 0.5) is 0 Å². The topological polar surface area (TPSA) is 39.3 Å². The predicted octanol–water partition coefficient (Wildman–Crippen LogP) is 4.30. The van der Waals surface area contributed by atoms with Gasteiger partial charge in [-0.3, -0.25) is 14.0 Å². The summed E-state index contributed by atoms with van der Waals surface area (Å²) in [6.07, 6.45) is 10.6. The molecule has 0 spiro atoms. The molecule has 124 valence electrons. The highest BCUT2D eigenvalue weighted by Crippen LogP contribution is 2.38. The molecule has 0 bridgehead atoms. The Morgan fingerprint density at radius 3 is 2.76 bits per heavy atom. The van der Waals surface area contributed by atoms with Crippen LogP contribution in [0.25, 0.3) is 32.9 Å². The Morgan fingerprint density at radius 2 is 1.92 bits per heavy atom. The minimum atomic E-state index is -0.00689. The van der Waals surface area contributed by atoms with E-state index in [1.807, 2.05) is 41.9 Å². The Hall–Kier alpha value is -2.88. The van der Waals surface area contributed by atoms with E-state index in [1.165, 1.54) is 24.0 Å². The van der Waals surface area contributed by atoms with Crippen LogP contribution in [-0.4, -0.2) is 14.0 Å². The maximum absolute atomic E-state index is 13.1. The molecule has 5 rings (SSSR count). The second-order valence-corrected chi connectivity index (χ2v) is 6.79. The lowest BCUT2D eigenvalue weighted by Gasteiger charge is -2.14. The average Bonchev–Trinajstić information content (AvgIpc) is 3.02. The molecule has 25 heavy (non-hydrogen) atoms. The zero-order valence-electron chi connectivity index (χ0n) is 14.2. The summed E-state index contributed by atoms with van der Waals surface area (Å²) < 4.78 is 3.60. The first-order valence-corrected chi connectivity index (χ1v) is 8.82. The molecule has 1 aromatic carbocycles. The normalized spacial score (nSPS) is 15.2. The fourth-order valence-corrected chi connectivity index (χ4v) is 4.20. The second-order valence-electron chi connectivity index (χ2n) is 6.79. The van der Waals surface area contributed by atoms with Crippen molar-refractivity contribution in [1.82, 2.24) is 14.0 Å². The molecular weight excluding hydrogens is 310 g/mol. The molecule has 4 heteroatoms. The van der Waals surface area contributed by atoms with Gasteiger partial charge in [0.25, 0.3) is 0 Å². The first-order chi connectivity index (χ1) is 12.3. The summed E-state index contributed by atoms with van der Waals surface area (Å²) in [5.74, 6) is 0. The molecule has 0 amide bonds. The monoisotopic (exact) mass is 329 g/mol. The van der Waals surface area contributed by atoms with Gasteiger partial charge < -0.3 is 0 Å². The number of para-hydroxylation sites is 1. The van der Waals surface area contributed by atoms with Gasteiger partial charge in [-0.1, -0.05) is 24.3 Å². The number of benzene rings is 1. The van der Waals surface area contributed by atoms with Crippen LogP contribution in [-0.2, 0) is 7.05 Å². The number of allylic oxidation sites excluding steroid dienone is 2. The molecular formula is C21H19N3O. The van der Waals surface area contributed by atoms with Crippen molar-refractivity contribution >= 4 is 32.9 Å². The van der Waals surface area contributed by atoms with Gasteiger partial charge >= 0.3 is 5.69 Å². The zero-order valence-corrected chi connectivity index (χ0v) is 14.2. The zero-order chi connectivity index (χ0) is 17.0. The molecule has 3 heterocycles. The Labute approximate surface area is 145 Å². The molecule has 0 radical (unpaired) electrons. The van der Waals surface area contributed by atoms with Crippen molar-refractivity contribution in [3.05, 3.63) is 64.8 Å². The smallest absolute Gasteiger partial charge is 0.296 e. The number of hydrogen-bond donors (Lipinski definition) is 0. The summed E-state index contributed by atoms with van der Waals surface area (Å²) >= 11 is 0. The highest BCUT2D eigenvalue weighted by Gasteiger charge is 2.21. The molecule has 0 saturated carbocycles. The highest BCUT2D eigenvalue weighted by atomic mass is 16.1. The average molecular weight is 329 g/mol. The molecule has 0 N–H and O–H groups in total. The highest BCUT2D eigenvalue weighted by molar-refractivity contribution is 6.10. The van der Waals surface area contributed by atoms with E-state index in [2.05, 4.69) is 17.1 Å². The number of rotatable bonds is 1. The van der Waals surface area contributed by atoms with Crippen molar-refractivity contribution in [2.45, 2.75) is 25.7 Å². The van der Waals surface area contributed by atoms with Gasteiger partial charge in [0.05, 0.1) is 16.6 Å². The van der Waals surface area contributed by atoms with Crippen LogP contribution in [0.5, 0.6) is 0 Å². The van der Waals surface area contributed by atoms with Crippen LogP contribution < -0.4 is 5.69 Å². The molecule has 4 nitrogen and oxygen atoms in total. The van der Waals surface area contributed by atoms with Crippen molar-refractivity contribution in [1.29, 1.82) is 0 Å². The number of fused-ring (bicyclic) bond motifs is 5. The van der Waals surface area contributed by atoms with Crippen molar-refractivity contribution < 1.29 is 0 Å². The summed E-state index contributed by atoms with van der Waals surface area (Å²) in [6, 6.07) is 10.1. The van der Waals surface area contributed by atoms with Gasteiger partial charge in [0.2, 0.25) is 0 Å².